The van der Waals surface area contributed by atoms with Crippen LogP contribution in [0.3, 0.4) is 0 Å². The van der Waals surface area contributed by atoms with Crippen LogP contribution in [0.2, 0.25) is 0 Å². The molecule has 1 nitrogen and oxygen atoms in total. The first-order valence-electron chi connectivity index (χ1n) is 8.08. The summed E-state index contributed by atoms with van der Waals surface area (Å²) >= 11 is 3.78. The third kappa shape index (κ3) is 6.64. The Morgan fingerprint density at radius 3 is 1.73 bits per heavy atom. The van der Waals surface area contributed by atoms with Crippen LogP contribution in [0.15, 0.2) is 12.1 Å². The molecule has 2 aromatic rings. The summed E-state index contributed by atoms with van der Waals surface area (Å²) in [5.74, 6) is 0. The Labute approximate surface area is 144 Å². The van der Waals surface area contributed by atoms with Crippen LogP contribution in [0.5, 0.6) is 0 Å². The topological polar surface area (TPSA) is 9.23 Å². The summed E-state index contributed by atoms with van der Waals surface area (Å²) in [6, 6.07) is 4.58. The first-order valence-corrected chi connectivity index (χ1v) is 9.72. The lowest BCUT2D eigenvalue weighted by Crippen LogP contribution is -1.93. The molecule has 0 unspecified atom stereocenters. The van der Waals surface area contributed by atoms with Crippen LogP contribution in [0.25, 0.3) is 0 Å². The van der Waals surface area contributed by atoms with Gasteiger partial charge in [-0.2, -0.15) is 0 Å². The Bertz CT molecular complexity index is 502. The minimum absolute atomic E-state index is 0.830. The maximum absolute atomic E-state index is 5.01. The Kier molecular flexibility index (Phi) is 8.99. The Morgan fingerprint density at radius 2 is 1.36 bits per heavy atom. The van der Waals surface area contributed by atoms with Gasteiger partial charge in [0, 0.05) is 26.6 Å². The molecule has 0 atom stereocenters. The lowest BCUT2D eigenvalue weighted by atomic mass is 10.1. The van der Waals surface area contributed by atoms with Gasteiger partial charge in [0.15, 0.2) is 0 Å². The Hall–Kier alpha value is -0.640. The molecule has 0 bridgehead atoms. The molecule has 2 aromatic heterocycles. The second-order valence-electron chi connectivity index (χ2n) is 5.72. The molecule has 124 valence electrons. The van der Waals surface area contributed by atoms with Crippen molar-refractivity contribution in [3.63, 3.8) is 0 Å². The van der Waals surface area contributed by atoms with Crippen LogP contribution in [-0.2, 0) is 17.6 Å². The van der Waals surface area contributed by atoms with Crippen molar-refractivity contribution in [2.45, 2.75) is 60.3 Å². The average Bonchev–Trinajstić information content (AvgIpc) is 2.96. The fourth-order valence-corrected chi connectivity index (χ4v) is 4.40. The van der Waals surface area contributed by atoms with E-state index in [0.29, 0.717) is 0 Å². The molecule has 0 radical (unpaired) electrons. The van der Waals surface area contributed by atoms with Crippen molar-refractivity contribution in [1.82, 2.24) is 0 Å². The van der Waals surface area contributed by atoms with E-state index in [1.165, 1.54) is 44.3 Å². The molecule has 0 saturated heterocycles. The molecule has 0 aliphatic heterocycles. The SMILES string of the molecule is CCCCc1cc(C)sc1C.COCCc1cc(C)sc1C. The minimum atomic E-state index is 0.830. The number of methoxy groups -OCH3 is 1. The molecule has 0 aliphatic carbocycles. The maximum atomic E-state index is 5.01. The average molecular weight is 339 g/mol. The van der Waals surface area contributed by atoms with E-state index in [-0.39, 0.29) is 0 Å². The van der Waals surface area contributed by atoms with E-state index < -0.39 is 0 Å². The molecule has 0 aromatic carbocycles. The number of aryl methyl sites for hydroxylation is 5. The maximum Gasteiger partial charge on any atom is 0.0503 e. The summed E-state index contributed by atoms with van der Waals surface area (Å²) in [6.45, 7) is 11.8. The van der Waals surface area contributed by atoms with E-state index in [4.69, 9.17) is 4.74 Å². The number of rotatable bonds is 6. The fraction of sp³-hybridized carbons (Fsp3) is 0.579. The van der Waals surface area contributed by atoms with Gasteiger partial charge in [-0.15, -0.1) is 22.7 Å². The van der Waals surface area contributed by atoms with Gasteiger partial charge in [0.25, 0.3) is 0 Å². The van der Waals surface area contributed by atoms with Gasteiger partial charge in [-0.25, -0.2) is 0 Å². The zero-order valence-corrected chi connectivity index (χ0v) is 16.5. The second kappa shape index (κ2) is 10.2. The molecule has 3 heteroatoms. The van der Waals surface area contributed by atoms with Gasteiger partial charge in [-0.05, 0) is 70.2 Å². The first kappa shape index (κ1) is 19.4. The quantitative estimate of drug-likeness (QED) is 0.604. The van der Waals surface area contributed by atoms with Crippen LogP contribution < -0.4 is 0 Å². The van der Waals surface area contributed by atoms with Gasteiger partial charge >= 0.3 is 0 Å². The van der Waals surface area contributed by atoms with Crippen LogP contribution in [0, 0.1) is 27.7 Å². The summed E-state index contributed by atoms with van der Waals surface area (Å²) in [5.41, 5.74) is 3.00. The number of ether oxygens (including phenoxy) is 1. The number of hydrogen-bond acceptors (Lipinski definition) is 3. The van der Waals surface area contributed by atoms with Gasteiger partial charge in [0.1, 0.15) is 0 Å². The van der Waals surface area contributed by atoms with Crippen LogP contribution in [0.1, 0.15) is 50.4 Å². The Morgan fingerprint density at radius 1 is 0.864 bits per heavy atom. The number of hydrogen-bond donors (Lipinski definition) is 0. The highest BCUT2D eigenvalue weighted by molar-refractivity contribution is 7.12. The highest BCUT2D eigenvalue weighted by atomic mass is 32.1. The number of thiophene rings is 2. The molecular formula is C19H30OS2. The van der Waals surface area contributed by atoms with E-state index in [9.17, 15) is 0 Å². The summed E-state index contributed by atoms with van der Waals surface area (Å²) in [5, 5.41) is 0. The zero-order valence-electron chi connectivity index (χ0n) is 14.9. The summed E-state index contributed by atoms with van der Waals surface area (Å²) in [7, 11) is 1.74. The van der Waals surface area contributed by atoms with Crippen LogP contribution in [0.4, 0.5) is 0 Å². The third-order valence-electron chi connectivity index (χ3n) is 3.66. The van der Waals surface area contributed by atoms with Crippen molar-refractivity contribution in [3.05, 3.63) is 42.8 Å². The molecule has 0 spiro atoms. The Balaban J connectivity index is 0.000000220. The third-order valence-corrected chi connectivity index (χ3v) is 5.68. The van der Waals surface area contributed by atoms with Gasteiger partial charge < -0.3 is 4.74 Å². The monoisotopic (exact) mass is 338 g/mol. The van der Waals surface area contributed by atoms with Crippen molar-refractivity contribution >= 4 is 22.7 Å². The molecule has 2 heterocycles. The molecular weight excluding hydrogens is 308 g/mol. The van der Waals surface area contributed by atoms with E-state index in [2.05, 4.69) is 46.8 Å². The fourth-order valence-electron chi connectivity index (χ4n) is 2.44. The molecule has 0 fully saturated rings. The van der Waals surface area contributed by atoms with Crippen molar-refractivity contribution in [1.29, 1.82) is 0 Å². The smallest absolute Gasteiger partial charge is 0.0503 e. The van der Waals surface area contributed by atoms with Crippen molar-refractivity contribution in [2.75, 3.05) is 13.7 Å². The standard InChI is InChI=1S/C10H16S.C9H14OS/c1-4-5-6-10-7-8(2)11-9(10)3;1-7-6-9(4-5-10-3)8(2)11-7/h7H,4-6H2,1-3H3;6H,4-5H2,1-3H3. The van der Waals surface area contributed by atoms with Gasteiger partial charge in [-0.3, -0.25) is 0 Å². The highest BCUT2D eigenvalue weighted by Crippen LogP contribution is 2.22. The normalized spacial score (nSPS) is 10.5. The summed E-state index contributed by atoms with van der Waals surface area (Å²) < 4.78 is 5.01. The first-order chi connectivity index (χ1) is 10.5. The lowest BCUT2D eigenvalue weighted by Gasteiger charge is -1.96. The van der Waals surface area contributed by atoms with E-state index >= 15 is 0 Å². The van der Waals surface area contributed by atoms with Gasteiger partial charge in [0.2, 0.25) is 0 Å². The summed E-state index contributed by atoms with van der Waals surface area (Å²) in [6.07, 6.45) is 4.95. The molecule has 0 N–H and O–H groups in total. The van der Waals surface area contributed by atoms with E-state index in [1.807, 2.05) is 22.7 Å². The highest BCUT2D eigenvalue weighted by Gasteiger charge is 2.01. The molecule has 0 aliphatic rings. The lowest BCUT2D eigenvalue weighted by molar-refractivity contribution is 0.202. The van der Waals surface area contributed by atoms with E-state index in [0.717, 1.165) is 13.0 Å². The van der Waals surface area contributed by atoms with Gasteiger partial charge in [0.05, 0.1) is 6.61 Å². The molecule has 0 amide bonds. The van der Waals surface area contributed by atoms with Crippen molar-refractivity contribution < 1.29 is 4.74 Å². The minimum Gasteiger partial charge on any atom is -0.384 e. The molecule has 2 rings (SSSR count). The van der Waals surface area contributed by atoms with Crippen LogP contribution >= 0.6 is 22.7 Å². The molecule has 0 saturated carbocycles. The largest absolute Gasteiger partial charge is 0.384 e. The molecule has 22 heavy (non-hydrogen) atoms. The van der Waals surface area contributed by atoms with Gasteiger partial charge in [-0.1, -0.05) is 13.3 Å². The number of unbranched alkanes of at least 4 members (excludes halogenated alkanes) is 1. The second-order valence-corrected chi connectivity index (χ2v) is 8.64. The van der Waals surface area contributed by atoms with Crippen LogP contribution in [-0.4, -0.2) is 13.7 Å². The summed E-state index contributed by atoms with van der Waals surface area (Å²) in [4.78, 5) is 5.79. The van der Waals surface area contributed by atoms with Crippen molar-refractivity contribution in [2.24, 2.45) is 0 Å². The van der Waals surface area contributed by atoms with E-state index in [1.54, 1.807) is 12.7 Å². The predicted molar refractivity (Wildman–Crippen MR) is 102 cm³/mol. The zero-order chi connectivity index (χ0) is 16.5. The predicted octanol–water partition coefficient (Wildman–Crippen LogP) is 6.26. The van der Waals surface area contributed by atoms with Crippen molar-refractivity contribution in [3.8, 4) is 0 Å².